The zero-order valence-corrected chi connectivity index (χ0v) is 10.3. The molecule has 88 valence electrons. The molecule has 1 aliphatic heterocycles. The van der Waals surface area contributed by atoms with Crippen LogP contribution in [0.5, 0.6) is 0 Å². The third-order valence-corrected chi connectivity index (χ3v) is 3.59. The minimum Gasteiger partial charge on any atom is -0.316 e. The van der Waals surface area contributed by atoms with Crippen molar-refractivity contribution in [2.75, 3.05) is 13.1 Å². The van der Waals surface area contributed by atoms with Gasteiger partial charge in [0.25, 0.3) is 0 Å². The Labute approximate surface area is 104 Å². The quantitative estimate of drug-likeness (QED) is 0.615. The number of carbonyl (C=O) groups excluding carboxylic acids is 1. The highest BCUT2D eigenvalue weighted by Crippen LogP contribution is 2.23. The summed E-state index contributed by atoms with van der Waals surface area (Å²) < 4.78 is 0. The SMILES string of the molecule is [B]C[C@H](C)c1ccc(CC2CNC2)c(C=O)c1. The number of hydrogen-bond donors (Lipinski definition) is 1. The van der Waals surface area contributed by atoms with Crippen LogP contribution in [0.2, 0.25) is 6.32 Å². The molecule has 0 spiro atoms. The van der Waals surface area contributed by atoms with Crippen molar-refractivity contribution >= 4 is 14.1 Å². The first-order chi connectivity index (χ1) is 8.24. The zero-order valence-electron chi connectivity index (χ0n) is 10.3. The maximum Gasteiger partial charge on any atom is 0.150 e. The van der Waals surface area contributed by atoms with E-state index >= 15 is 0 Å². The van der Waals surface area contributed by atoms with Gasteiger partial charge in [-0.25, -0.2) is 0 Å². The lowest BCUT2D eigenvalue weighted by atomic mass is 9.84. The fraction of sp³-hybridized carbons (Fsp3) is 0.500. The summed E-state index contributed by atoms with van der Waals surface area (Å²) in [5, 5.41) is 3.25. The van der Waals surface area contributed by atoms with E-state index in [9.17, 15) is 4.79 Å². The average Bonchev–Trinajstić information content (AvgIpc) is 2.32. The first-order valence-electron chi connectivity index (χ1n) is 6.23. The second-order valence-corrected chi connectivity index (χ2v) is 4.94. The van der Waals surface area contributed by atoms with Crippen molar-refractivity contribution in [3.8, 4) is 0 Å². The van der Waals surface area contributed by atoms with Crippen LogP contribution in [0.25, 0.3) is 0 Å². The van der Waals surface area contributed by atoms with Gasteiger partial charge in [-0.05, 0) is 48.5 Å². The van der Waals surface area contributed by atoms with E-state index in [1.165, 1.54) is 5.56 Å². The minimum absolute atomic E-state index is 0.313. The van der Waals surface area contributed by atoms with Crippen molar-refractivity contribution in [3.63, 3.8) is 0 Å². The number of benzene rings is 1. The molecule has 0 saturated carbocycles. The summed E-state index contributed by atoms with van der Waals surface area (Å²) in [6.07, 6.45) is 2.58. The zero-order chi connectivity index (χ0) is 12.3. The highest BCUT2D eigenvalue weighted by atomic mass is 16.1. The summed E-state index contributed by atoms with van der Waals surface area (Å²) in [5.41, 5.74) is 3.15. The first kappa shape index (κ1) is 12.4. The second-order valence-electron chi connectivity index (χ2n) is 4.94. The summed E-state index contributed by atoms with van der Waals surface area (Å²) in [4.78, 5) is 11.1. The van der Waals surface area contributed by atoms with Crippen LogP contribution in [0.15, 0.2) is 18.2 Å². The van der Waals surface area contributed by atoms with Crippen molar-refractivity contribution in [1.82, 2.24) is 5.32 Å². The smallest absolute Gasteiger partial charge is 0.150 e. The van der Waals surface area contributed by atoms with Gasteiger partial charge in [-0.2, -0.15) is 0 Å². The summed E-state index contributed by atoms with van der Waals surface area (Å²) in [7, 11) is 5.65. The Balaban J connectivity index is 2.18. The van der Waals surface area contributed by atoms with Gasteiger partial charge in [0.15, 0.2) is 0 Å². The third kappa shape index (κ3) is 2.78. The average molecular weight is 227 g/mol. The lowest BCUT2D eigenvalue weighted by molar-refractivity contribution is 0.112. The van der Waals surface area contributed by atoms with Crippen LogP contribution < -0.4 is 5.32 Å². The molecule has 1 aromatic carbocycles. The minimum atomic E-state index is 0.313. The van der Waals surface area contributed by atoms with Gasteiger partial charge in [0.2, 0.25) is 0 Å². The van der Waals surface area contributed by atoms with Crippen molar-refractivity contribution in [3.05, 3.63) is 34.9 Å². The van der Waals surface area contributed by atoms with Gasteiger partial charge in [-0.1, -0.05) is 25.4 Å². The van der Waals surface area contributed by atoms with E-state index in [0.717, 1.165) is 36.9 Å². The lowest BCUT2D eigenvalue weighted by Gasteiger charge is -2.27. The van der Waals surface area contributed by atoms with Crippen molar-refractivity contribution in [1.29, 1.82) is 0 Å². The predicted molar refractivity (Wildman–Crippen MR) is 70.9 cm³/mol. The molecule has 2 nitrogen and oxygen atoms in total. The Kier molecular flexibility index (Phi) is 4.00. The number of hydrogen-bond acceptors (Lipinski definition) is 2. The van der Waals surface area contributed by atoms with E-state index < -0.39 is 0 Å². The molecule has 0 amide bonds. The normalized spacial score (nSPS) is 17.5. The van der Waals surface area contributed by atoms with E-state index in [1.54, 1.807) is 0 Å². The van der Waals surface area contributed by atoms with Crippen LogP contribution >= 0.6 is 0 Å². The molecule has 1 fully saturated rings. The molecule has 1 heterocycles. The van der Waals surface area contributed by atoms with E-state index in [2.05, 4.69) is 24.4 Å². The summed E-state index contributed by atoms with van der Waals surface area (Å²) in [6.45, 7) is 4.22. The van der Waals surface area contributed by atoms with Gasteiger partial charge in [0.05, 0.1) is 7.85 Å². The van der Waals surface area contributed by atoms with Crippen molar-refractivity contribution in [2.45, 2.75) is 25.6 Å². The molecule has 0 aromatic heterocycles. The van der Waals surface area contributed by atoms with Crippen LogP contribution in [0.3, 0.4) is 0 Å². The van der Waals surface area contributed by atoms with Crippen molar-refractivity contribution < 1.29 is 4.79 Å². The largest absolute Gasteiger partial charge is 0.316 e. The molecular weight excluding hydrogens is 209 g/mol. The predicted octanol–water partition coefficient (Wildman–Crippen LogP) is 1.95. The van der Waals surface area contributed by atoms with Crippen LogP contribution in [-0.4, -0.2) is 27.2 Å². The fourth-order valence-corrected chi connectivity index (χ4v) is 2.16. The molecule has 17 heavy (non-hydrogen) atoms. The Bertz CT molecular complexity index is 401. The van der Waals surface area contributed by atoms with E-state index in [-0.39, 0.29) is 0 Å². The molecule has 0 aliphatic carbocycles. The molecule has 0 unspecified atom stereocenters. The topological polar surface area (TPSA) is 29.1 Å². The standard InChI is InChI=1S/C14H18BNO/c1-10(6-15)12-2-3-13(14(5-12)9-17)4-11-7-16-8-11/h2-3,5,9-11,16H,4,6-8H2,1H3/t10-/m0/s1. The van der Waals surface area contributed by atoms with Crippen LogP contribution in [0.1, 0.15) is 34.3 Å². The number of nitrogens with one attached hydrogen (secondary N) is 1. The Morgan fingerprint density at radius 3 is 2.82 bits per heavy atom. The van der Waals surface area contributed by atoms with Crippen LogP contribution in [0.4, 0.5) is 0 Å². The van der Waals surface area contributed by atoms with Gasteiger partial charge in [0, 0.05) is 5.56 Å². The molecule has 1 atom stereocenters. The molecule has 2 rings (SSSR count). The second kappa shape index (κ2) is 5.50. The number of carbonyl (C=O) groups is 1. The highest BCUT2D eigenvalue weighted by Gasteiger charge is 2.18. The third-order valence-electron chi connectivity index (χ3n) is 3.59. The Morgan fingerprint density at radius 2 is 2.29 bits per heavy atom. The molecule has 2 radical (unpaired) electrons. The van der Waals surface area contributed by atoms with Crippen molar-refractivity contribution in [2.24, 2.45) is 5.92 Å². The molecule has 3 heteroatoms. The van der Waals surface area contributed by atoms with Gasteiger partial charge in [0.1, 0.15) is 6.29 Å². The highest BCUT2D eigenvalue weighted by molar-refractivity contribution is 6.09. The molecule has 1 aliphatic rings. The molecule has 1 aromatic rings. The van der Waals surface area contributed by atoms with Crippen LogP contribution in [0, 0.1) is 5.92 Å². The lowest BCUT2D eigenvalue weighted by Crippen LogP contribution is -2.43. The molecule has 1 N–H and O–H groups in total. The van der Waals surface area contributed by atoms with Gasteiger partial charge in [-0.15, -0.1) is 0 Å². The maximum absolute atomic E-state index is 11.1. The van der Waals surface area contributed by atoms with Gasteiger partial charge >= 0.3 is 0 Å². The number of aldehydes is 1. The summed E-state index contributed by atoms with van der Waals surface area (Å²) in [5.74, 6) is 1.000. The van der Waals surface area contributed by atoms with Gasteiger partial charge < -0.3 is 5.32 Å². The Morgan fingerprint density at radius 1 is 1.53 bits per heavy atom. The Hall–Kier alpha value is -1.09. The van der Waals surface area contributed by atoms with E-state index in [1.807, 2.05) is 6.07 Å². The van der Waals surface area contributed by atoms with Crippen LogP contribution in [-0.2, 0) is 6.42 Å². The maximum atomic E-state index is 11.1. The summed E-state index contributed by atoms with van der Waals surface area (Å²) >= 11 is 0. The van der Waals surface area contributed by atoms with Gasteiger partial charge in [-0.3, -0.25) is 4.79 Å². The monoisotopic (exact) mass is 227 g/mol. The molecular formula is C14H18BNO. The van der Waals surface area contributed by atoms with E-state index in [0.29, 0.717) is 18.2 Å². The fourth-order valence-electron chi connectivity index (χ4n) is 2.16. The molecule has 0 bridgehead atoms. The first-order valence-corrected chi connectivity index (χ1v) is 6.23. The van der Waals surface area contributed by atoms with E-state index in [4.69, 9.17) is 7.85 Å². The number of rotatable bonds is 5. The summed E-state index contributed by atoms with van der Waals surface area (Å²) in [6, 6.07) is 6.18. The molecule has 1 saturated heterocycles.